The summed E-state index contributed by atoms with van der Waals surface area (Å²) in [5.74, 6) is -2.44. The molecule has 0 fully saturated rings. The van der Waals surface area contributed by atoms with Crippen LogP contribution in [0.15, 0.2) is 12.7 Å². The Balaban J connectivity index is 2.91. The number of hydrogen-bond donors (Lipinski definition) is 1. The number of nitrogens with zero attached hydrogens (tertiary/aromatic N) is 3. The van der Waals surface area contributed by atoms with E-state index < -0.39 is 24.5 Å². The Kier molecular flexibility index (Phi) is 4.05. The van der Waals surface area contributed by atoms with Crippen molar-refractivity contribution in [2.75, 3.05) is 18.0 Å². The number of halogens is 3. The molecule has 0 atom stereocenters. The third-order valence-electron chi connectivity index (χ3n) is 1.61. The van der Waals surface area contributed by atoms with E-state index in [4.69, 9.17) is 5.11 Å². The fourth-order valence-corrected chi connectivity index (χ4v) is 1.68. The highest BCUT2D eigenvalue weighted by molar-refractivity contribution is 7.09. The summed E-state index contributed by atoms with van der Waals surface area (Å²) in [5, 5.41) is 8.50. The molecule has 17 heavy (non-hydrogen) atoms. The number of carboxylic acid groups (broad SMARTS) is 1. The molecule has 1 aromatic heterocycles. The van der Waals surface area contributed by atoms with Crippen molar-refractivity contribution in [1.82, 2.24) is 9.36 Å². The van der Waals surface area contributed by atoms with Crippen LogP contribution in [-0.4, -0.2) is 33.5 Å². The minimum absolute atomic E-state index is 0.0821. The third kappa shape index (κ3) is 3.70. The number of aromatic nitrogens is 2. The summed E-state index contributed by atoms with van der Waals surface area (Å²) in [5.41, 5.74) is 0. The van der Waals surface area contributed by atoms with Gasteiger partial charge in [-0.25, -0.2) is 0 Å². The maximum absolute atomic E-state index is 12.2. The molecule has 1 rings (SSSR count). The van der Waals surface area contributed by atoms with Gasteiger partial charge in [-0.2, -0.15) is 22.5 Å². The van der Waals surface area contributed by atoms with Crippen molar-refractivity contribution < 1.29 is 23.1 Å². The first-order valence-electron chi connectivity index (χ1n) is 4.33. The van der Waals surface area contributed by atoms with E-state index in [9.17, 15) is 18.0 Å². The molecular formula is C8H8F3N3O2S. The largest absolute Gasteiger partial charge is 0.480 e. The van der Waals surface area contributed by atoms with Gasteiger partial charge in [0.15, 0.2) is 0 Å². The van der Waals surface area contributed by atoms with E-state index in [0.29, 0.717) is 11.5 Å². The Morgan fingerprint density at radius 2 is 2.24 bits per heavy atom. The zero-order valence-corrected chi connectivity index (χ0v) is 9.25. The predicted molar refractivity (Wildman–Crippen MR) is 55.0 cm³/mol. The molecule has 1 aromatic rings. The molecule has 0 aliphatic heterocycles. The van der Waals surface area contributed by atoms with Crippen LogP contribution in [-0.2, 0) is 11.0 Å². The summed E-state index contributed by atoms with van der Waals surface area (Å²) >= 11 is 0.500. The maximum Gasteiger partial charge on any atom is 0.452 e. The Morgan fingerprint density at radius 1 is 1.59 bits per heavy atom. The summed E-state index contributed by atoms with van der Waals surface area (Å²) in [4.78, 5) is 14.9. The summed E-state index contributed by atoms with van der Waals surface area (Å²) < 4.78 is 39.9. The minimum atomic E-state index is -4.63. The average Bonchev–Trinajstić information content (AvgIpc) is 2.64. The van der Waals surface area contributed by atoms with Crippen LogP contribution in [0, 0.1) is 0 Å². The van der Waals surface area contributed by atoms with Crippen LogP contribution in [0.25, 0.3) is 0 Å². The topological polar surface area (TPSA) is 66.3 Å². The first-order chi connectivity index (χ1) is 7.84. The monoisotopic (exact) mass is 267 g/mol. The van der Waals surface area contributed by atoms with Crippen LogP contribution >= 0.6 is 11.5 Å². The molecule has 0 aromatic carbocycles. The lowest BCUT2D eigenvalue weighted by molar-refractivity contribution is -0.144. The van der Waals surface area contributed by atoms with Crippen LogP contribution in [0.3, 0.4) is 0 Å². The van der Waals surface area contributed by atoms with Crippen molar-refractivity contribution in [2.24, 2.45) is 0 Å². The van der Waals surface area contributed by atoms with E-state index in [1.807, 2.05) is 0 Å². The fourth-order valence-electron chi connectivity index (χ4n) is 0.988. The van der Waals surface area contributed by atoms with Gasteiger partial charge in [-0.05, 0) is 0 Å². The highest BCUT2D eigenvalue weighted by Crippen LogP contribution is 2.30. The van der Waals surface area contributed by atoms with E-state index in [0.717, 1.165) is 4.90 Å². The lowest BCUT2D eigenvalue weighted by atomic mass is 10.5. The summed E-state index contributed by atoms with van der Waals surface area (Å²) in [7, 11) is 0. The smallest absolute Gasteiger partial charge is 0.452 e. The lowest BCUT2D eigenvalue weighted by Gasteiger charge is -2.16. The van der Waals surface area contributed by atoms with Gasteiger partial charge < -0.3 is 10.0 Å². The van der Waals surface area contributed by atoms with Crippen LogP contribution in [0.2, 0.25) is 0 Å². The molecule has 1 N–H and O–H groups in total. The predicted octanol–water partition coefficient (Wildman–Crippen LogP) is 1.63. The molecule has 5 nitrogen and oxygen atoms in total. The first kappa shape index (κ1) is 13.4. The quantitative estimate of drug-likeness (QED) is 0.821. The zero-order chi connectivity index (χ0) is 13.1. The average molecular weight is 267 g/mol. The molecule has 0 saturated heterocycles. The number of anilines is 1. The van der Waals surface area contributed by atoms with E-state index in [-0.39, 0.29) is 11.7 Å². The lowest BCUT2D eigenvalue weighted by Crippen LogP contribution is -2.29. The molecule has 0 aliphatic carbocycles. The second-order valence-electron chi connectivity index (χ2n) is 2.96. The van der Waals surface area contributed by atoms with Crippen molar-refractivity contribution >= 4 is 22.6 Å². The number of carboxylic acids is 1. The maximum atomic E-state index is 12.2. The van der Waals surface area contributed by atoms with Crippen molar-refractivity contribution in [3.05, 3.63) is 18.5 Å². The third-order valence-corrected chi connectivity index (χ3v) is 2.39. The van der Waals surface area contributed by atoms with Crippen molar-refractivity contribution in [1.29, 1.82) is 0 Å². The number of alkyl halides is 3. The van der Waals surface area contributed by atoms with Gasteiger partial charge in [0.05, 0.1) is 0 Å². The second-order valence-corrected chi connectivity index (χ2v) is 3.69. The SMILES string of the molecule is C=CCN(CC(=O)O)c1nc(C(F)(F)F)ns1. The Hall–Kier alpha value is -1.64. The summed E-state index contributed by atoms with van der Waals surface area (Å²) in [6.45, 7) is 3.01. The van der Waals surface area contributed by atoms with Crippen molar-refractivity contribution in [3.8, 4) is 0 Å². The normalized spacial score (nSPS) is 11.2. The molecule has 0 saturated carbocycles. The Bertz CT molecular complexity index is 418. The van der Waals surface area contributed by atoms with Gasteiger partial charge in [-0.3, -0.25) is 4.79 Å². The number of rotatable bonds is 5. The Labute approximate surface area is 98.4 Å². The van der Waals surface area contributed by atoms with E-state index in [1.54, 1.807) is 0 Å². The van der Waals surface area contributed by atoms with Gasteiger partial charge in [0.1, 0.15) is 6.54 Å². The van der Waals surface area contributed by atoms with Crippen LogP contribution in [0.4, 0.5) is 18.3 Å². The molecule has 0 spiro atoms. The summed E-state index contributed by atoms with van der Waals surface area (Å²) in [6, 6.07) is 0. The fraction of sp³-hybridized carbons (Fsp3) is 0.375. The molecule has 9 heteroatoms. The van der Waals surface area contributed by atoms with Crippen LogP contribution in [0.5, 0.6) is 0 Å². The van der Waals surface area contributed by atoms with E-state index >= 15 is 0 Å². The van der Waals surface area contributed by atoms with Crippen LogP contribution in [0.1, 0.15) is 5.82 Å². The first-order valence-corrected chi connectivity index (χ1v) is 5.10. The molecule has 0 unspecified atom stereocenters. The van der Waals surface area contributed by atoms with E-state index in [1.165, 1.54) is 6.08 Å². The molecular weight excluding hydrogens is 259 g/mol. The molecule has 0 aliphatic rings. The second kappa shape index (κ2) is 5.13. The minimum Gasteiger partial charge on any atom is -0.480 e. The van der Waals surface area contributed by atoms with Gasteiger partial charge in [0.2, 0.25) is 11.0 Å². The highest BCUT2D eigenvalue weighted by Gasteiger charge is 2.36. The van der Waals surface area contributed by atoms with Gasteiger partial charge in [0, 0.05) is 18.1 Å². The molecule has 0 bridgehead atoms. The molecule has 0 amide bonds. The molecule has 1 heterocycles. The highest BCUT2D eigenvalue weighted by atomic mass is 32.1. The standard InChI is InChI=1S/C8H8F3N3O2S/c1-2-3-14(4-5(15)16)7-12-6(13-17-7)8(9,10)11/h2H,1,3-4H2,(H,15,16). The van der Waals surface area contributed by atoms with Gasteiger partial charge in [0.25, 0.3) is 0 Å². The van der Waals surface area contributed by atoms with E-state index in [2.05, 4.69) is 15.9 Å². The van der Waals surface area contributed by atoms with Gasteiger partial charge >= 0.3 is 12.1 Å². The molecule has 94 valence electrons. The van der Waals surface area contributed by atoms with Crippen molar-refractivity contribution in [2.45, 2.75) is 6.18 Å². The Morgan fingerprint density at radius 3 is 2.65 bits per heavy atom. The summed E-state index contributed by atoms with van der Waals surface area (Å²) in [6.07, 6.45) is -3.25. The number of hydrogen-bond acceptors (Lipinski definition) is 5. The number of aliphatic carboxylic acids is 1. The zero-order valence-electron chi connectivity index (χ0n) is 8.44. The van der Waals surface area contributed by atoms with Crippen molar-refractivity contribution in [3.63, 3.8) is 0 Å². The number of carbonyl (C=O) groups is 1. The van der Waals surface area contributed by atoms with Gasteiger partial charge in [-0.1, -0.05) is 6.08 Å². The molecule has 0 radical (unpaired) electrons. The van der Waals surface area contributed by atoms with Gasteiger partial charge in [-0.15, -0.1) is 6.58 Å². The van der Waals surface area contributed by atoms with Crippen LogP contribution < -0.4 is 4.90 Å².